The summed E-state index contributed by atoms with van der Waals surface area (Å²) < 4.78 is 11.0. The molecule has 2 N–H and O–H groups in total. The summed E-state index contributed by atoms with van der Waals surface area (Å²) in [5.41, 5.74) is 0.170. The van der Waals surface area contributed by atoms with Gasteiger partial charge in [-0.15, -0.1) is 5.92 Å². The molecule has 5 nitrogen and oxygen atoms in total. The molecule has 0 saturated heterocycles. The van der Waals surface area contributed by atoms with Gasteiger partial charge in [0.15, 0.2) is 0 Å². The topological polar surface area (TPSA) is 59.6 Å². The van der Waals surface area contributed by atoms with E-state index in [4.69, 9.17) is 9.47 Å². The molecule has 0 saturated carbocycles. The van der Waals surface area contributed by atoms with E-state index in [0.717, 1.165) is 31.7 Å². The van der Waals surface area contributed by atoms with Crippen molar-refractivity contribution in [1.29, 1.82) is 0 Å². The Balaban J connectivity index is 3.50. The molecule has 1 unspecified atom stereocenters. The lowest BCUT2D eigenvalue weighted by atomic mass is 10.4. The second kappa shape index (κ2) is 18.0. The first-order valence-electron chi connectivity index (χ1n) is 8.15. The van der Waals surface area contributed by atoms with Gasteiger partial charge >= 0.3 is 0 Å². The molecule has 0 aliphatic rings. The van der Waals surface area contributed by atoms with E-state index in [2.05, 4.69) is 36.3 Å². The van der Waals surface area contributed by atoms with Crippen LogP contribution in [0.2, 0.25) is 0 Å². The van der Waals surface area contributed by atoms with Crippen molar-refractivity contribution in [3.05, 3.63) is 0 Å². The predicted molar refractivity (Wildman–Crippen MR) is 101 cm³/mol. The van der Waals surface area contributed by atoms with E-state index in [1.165, 1.54) is 0 Å². The predicted octanol–water partition coefficient (Wildman–Crippen LogP) is 2.28. The highest BCUT2D eigenvalue weighted by Crippen LogP contribution is 2.28. The molecule has 7 heteroatoms. The summed E-state index contributed by atoms with van der Waals surface area (Å²) in [6.45, 7) is 9.57. The Kier molecular flexibility index (Phi) is 17.7. The molecule has 0 rings (SSSR count). The summed E-state index contributed by atoms with van der Waals surface area (Å²) in [6, 6.07) is 0. The van der Waals surface area contributed by atoms with Crippen molar-refractivity contribution < 1.29 is 14.3 Å². The summed E-state index contributed by atoms with van der Waals surface area (Å²) in [4.78, 5) is 11.4. The van der Waals surface area contributed by atoms with Crippen molar-refractivity contribution in [3.63, 3.8) is 0 Å². The van der Waals surface area contributed by atoms with Gasteiger partial charge in [-0.25, -0.2) is 0 Å². The standard InChI is InChI=1S/C16H30N2O3S2/c1-4-7-8-9-18-15(19)14-20-11-12-21-16(5-2)23-22-13-10-17-6-3/h16-17H,4-6,9-14H2,1-3H3,(H,18,19). The van der Waals surface area contributed by atoms with Crippen LogP contribution in [0.15, 0.2) is 0 Å². The van der Waals surface area contributed by atoms with Crippen LogP contribution in [0.25, 0.3) is 0 Å². The number of carbonyl (C=O) groups excluding carboxylic acids is 1. The largest absolute Gasteiger partial charge is 0.369 e. The summed E-state index contributed by atoms with van der Waals surface area (Å²) in [5, 5.41) is 5.97. The van der Waals surface area contributed by atoms with Crippen molar-refractivity contribution in [1.82, 2.24) is 10.6 Å². The molecule has 0 aromatic heterocycles. The smallest absolute Gasteiger partial charge is 0.246 e. The molecule has 0 fully saturated rings. The van der Waals surface area contributed by atoms with Gasteiger partial charge < -0.3 is 20.1 Å². The number of hydrogen-bond acceptors (Lipinski definition) is 6. The summed E-state index contributed by atoms with van der Waals surface area (Å²) in [5.74, 6) is 6.67. The number of ether oxygens (including phenoxy) is 2. The van der Waals surface area contributed by atoms with Crippen LogP contribution in [0.1, 0.15) is 33.6 Å². The molecule has 0 aromatic carbocycles. The first-order valence-corrected chi connectivity index (χ1v) is 10.5. The van der Waals surface area contributed by atoms with E-state index in [0.29, 0.717) is 19.8 Å². The molecular weight excluding hydrogens is 332 g/mol. The van der Waals surface area contributed by atoms with Gasteiger partial charge in [0.1, 0.15) is 12.0 Å². The second-order valence-corrected chi connectivity index (χ2v) is 7.16. The van der Waals surface area contributed by atoms with Crippen molar-refractivity contribution in [2.24, 2.45) is 0 Å². The van der Waals surface area contributed by atoms with Crippen LogP contribution in [-0.4, -0.2) is 56.6 Å². The molecule has 0 bridgehead atoms. The Morgan fingerprint density at radius 3 is 2.74 bits per heavy atom. The molecule has 0 aliphatic heterocycles. The number of carbonyl (C=O) groups is 1. The van der Waals surface area contributed by atoms with Crippen LogP contribution in [-0.2, 0) is 14.3 Å². The zero-order chi connectivity index (χ0) is 17.2. The van der Waals surface area contributed by atoms with Gasteiger partial charge in [0, 0.05) is 18.7 Å². The van der Waals surface area contributed by atoms with Crippen molar-refractivity contribution in [3.8, 4) is 11.8 Å². The van der Waals surface area contributed by atoms with Gasteiger partial charge in [-0.2, -0.15) is 0 Å². The van der Waals surface area contributed by atoms with Gasteiger partial charge in [-0.3, -0.25) is 4.79 Å². The summed E-state index contributed by atoms with van der Waals surface area (Å²) in [7, 11) is 3.58. The fraction of sp³-hybridized carbons (Fsp3) is 0.812. The lowest BCUT2D eigenvalue weighted by Gasteiger charge is -2.15. The Labute approximate surface area is 148 Å². The van der Waals surface area contributed by atoms with Gasteiger partial charge in [-0.1, -0.05) is 48.3 Å². The normalized spacial score (nSPS) is 11.6. The third-order valence-electron chi connectivity index (χ3n) is 2.56. The number of amides is 1. The highest BCUT2D eigenvalue weighted by atomic mass is 33.1. The van der Waals surface area contributed by atoms with E-state index in [-0.39, 0.29) is 18.0 Å². The number of hydrogen-bond donors (Lipinski definition) is 2. The van der Waals surface area contributed by atoms with Gasteiger partial charge in [-0.05, 0) is 13.0 Å². The van der Waals surface area contributed by atoms with Crippen LogP contribution in [0.5, 0.6) is 0 Å². The van der Waals surface area contributed by atoms with E-state index in [1.807, 2.05) is 17.7 Å². The quantitative estimate of drug-likeness (QED) is 0.214. The van der Waals surface area contributed by atoms with Crippen molar-refractivity contribution >= 4 is 27.5 Å². The maximum absolute atomic E-state index is 11.4. The molecule has 134 valence electrons. The number of rotatable bonds is 14. The minimum Gasteiger partial charge on any atom is -0.369 e. The van der Waals surface area contributed by atoms with Gasteiger partial charge in [0.2, 0.25) is 5.91 Å². The van der Waals surface area contributed by atoms with Gasteiger partial charge in [0.05, 0.1) is 19.8 Å². The van der Waals surface area contributed by atoms with E-state index in [9.17, 15) is 4.79 Å². The molecule has 1 amide bonds. The second-order valence-electron chi connectivity index (χ2n) is 4.52. The summed E-state index contributed by atoms with van der Waals surface area (Å²) >= 11 is 0. The fourth-order valence-electron chi connectivity index (χ4n) is 1.41. The molecule has 23 heavy (non-hydrogen) atoms. The van der Waals surface area contributed by atoms with Crippen molar-refractivity contribution in [2.45, 2.75) is 39.0 Å². The highest BCUT2D eigenvalue weighted by molar-refractivity contribution is 8.76. The highest BCUT2D eigenvalue weighted by Gasteiger charge is 2.07. The number of nitrogens with one attached hydrogen (secondary N) is 2. The SMILES string of the molecule is CCC#CCNC(=O)COCCOC(CC)SSCCNCC. The molecular formula is C16H30N2O3S2. The van der Waals surface area contributed by atoms with E-state index in [1.54, 1.807) is 10.8 Å². The average Bonchev–Trinajstić information content (AvgIpc) is 2.56. The maximum atomic E-state index is 11.4. The Bertz CT molecular complexity index is 346. The van der Waals surface area contributed by atoms with E-state index >= 15 is 0 Å². The van der Waals surface area contributed by atoms with Crippen LogP contribution < -0.4 is 10.6 Å². The lowest BCUT2D eigenvalue weighted by Crippen LogP contribution is -2.28. The van der Waals surface area contributed by atoms with Crippen LogP contribution >= 0.6 is 21.6 Å². The zero-order valence-electron chi connectivity index (χ0n) is 14.5. The first-order chi connectivity index (χ1) is 11.2. The van der Waals surface area contributed by atoms with Crippen molar-refractivity contribution in [2.75, 3.05) is 45.2 Å². The Hall–Kier alpha value is -0.390. The summed E-state index contributed by atoms with van der Waals surface area (Å²) in [6.07, 6.45) is 1.75. The lowest BCUT2D eigenvalue weighted by molar-refractivity contribution is -0.126. The molecule has 0 radical (unpaired) electrons. The minimum atomic E-state index is -0.143. The molecule has 0 heterocycles. The van der Waals surface area contributed by atoms with E-state index < -0.39 is 0 Å². The average molecular weight is 363 g/mol. The fourth-order valence-corrected chi connectivity index (χ4v) is 3.75. The minimum absolute atomic E-state index is 0.0541. The van der Waals surface area contributed by atoms with Gasteiger partial charge in [0.25, 0.3) is 0 Å². The molecule has 0 spiro atoms. The molecule has 0 aliphatic carbocycles. The first kappa shape index (κ1) is 22.6. The molecule has 0 aromatic rings. The van der Waals surface area contributed by atoms with Crippen LogP contribution in [0, 0.1) is 11.8 Å². The maximum Gasteiger partial charge on any atom is 0.246 e. The third-order valence-corrected chi connectivity index (χ3v) is 5.30. The van der Waals surface area contributed by atoms with Crippen LogP contribution in [0.3, 0.4) is 0 Å². The molecule has 1 atom stereocenters. The third kappa shape index (κ3) is 16.3. The zero-order valence-corrected chi connectivity index (χ0v) is 16.1. The monoisotopic (exact) mass is 362 g/mol. The van der Waals surface area contributed by atoms with Crippen LogP contribution in [0.4, 0.5) is 0 Å². The Morgan fingerprint density at radius 1 is 1.22 bits per heavy atom. The Morgan fingerprint density at radius 2 is 2.04 bits per heavy atom.